The molecule has 0 atom stereocenters. The molecule has 0 aromatic rings. The van der Waals surface area contributed by atoms with E-state index in [-0.39, 0.29) is 5.96 Å². The van der Waals surface area contributed by atoms with E-state index in [1.807, 2.05) is 13.8 Å². The van der Waals surface area contributed by atoms with Gasteiger partial charge < -0.3 is 15.4 Å². The first-order chi connectivity index (χ1) is 5.30. The second-order valence-electron chi connectivity index (χ2n) is 1.98. The lowest BCUT2D eigenvalue weighted by Gasteiger charge is -2.26. The van der Waals surface area contributed by atoms with Crippen LogP contribution < -0.4 is 5.73 Å². The van der Waals surface area contributed by atoms with E-state index in [1.165, 1.54) is 0 Å². The van der Waals surface area contributed by atoms with Gasteiger partial charge >= 0.3 is 0 Å². The average molecular weight is 159 g/mol. The molecular formula is C7H17N3O. The first-order valence-electron chi connectivity index (χ1n) is 3.97. The van der Waals surface area contributed by atoms with Crippen LogP contribution in [0.2, 0.25) is 0 Å². The number of nitrogens with one attached hydrogen (secondary N) is 1. The second kappa shape index (κ2) is 5.97. The van der Waals surface area contributed by atoms with Gasteiger partial charge in [-0.3, -0.25) is 5.41 Å². The van der Waals surface area contributed by atoms with Crippen LogP contribution in [-0.4, -0.2) is 37.2 Å². The molecule has 0 aromatic heterocycles. The van der Waals surface area contributed by atoms with Crippen LogP contribution in [0.3, 0.4) is 0 Å². The van der Waals surface area contributed by atoms with Crippen LogP contribution in [0.25, 0.3) is 0 Å². The third kappa shape index (κ3) is 3.83. The van der Waals surface area contributed by atoms with E-state index in [2.05, 4.69) is 0 Å². The summed E-state index contributed by atoms with van der Waals surface area (Å²) in [6.07, 6.45) is 0. The molecule has 0 amide bonds. The van der Waals surface area contributed by atoms with Gasteiger partial charge in [-0.2, -0.15) is 0 Å². The van der Waals surface area contributed by atoms with Crippen LogP contribution in [-0.2, 0) is 4.74 Å². The van der Waals surface area contributed by atoms with E-state index in [0.717, 1.165) is 13.1 Å². The molecule has 1 aliphatic rings. The molecule has 4 nitrogen and oxygen atoms in total. The Bertz CT molecular complexity index is 110. The van der Waals surface area contributed by atoms with Crippen molar-refractivity contribution in [3.8, 4) is 0 Å². The predicted octanol–water partition coefficient (Wildman–Crippen LogP) is 0.238. The summed E-state index contributed by atoms with van der Waals surface area (Å²) in [6, 6.07) is 0. The summed E-state index contributed by atoms with van der Waals surface area (Å²) in [6.45, 7) is 6.91. The minimum absolute atomic E-state index is 0.151. The van der Waals surface area contributed by atoms with Crippen LogP contribution in [0.1, 0.15) is 13.8 Å². The Balaban J connectivity index is 0.000000461. The van der Waals surface area contributed by atoms with E-state index < -0.39 is 0 Å². The lowest BCUT2D eigenvalue weighted by molar-refractivity contribution is 0.0672. The molecule has 0 aromatic carbocycles. The van der Waals surface area contributed by atoms with Gasteiger partial charge in [0.1, 0.15) is 0 Å². The molecule has 0 saturated carbocycles. The standard InChI is InChI=1S/C5H11N3O.C2H6/c6-5(7)8-1-3-9-4-2-8;1-2/h1-4H2,(H3,6,7);1-2H3. The topological polar surface area (TPSA) is 62.3 Å². The third-order valence-electron chi connectivity index (χ3n) is 1.35. The highest BCUT2D eigenvalue weighted by Gasteiger charge is 2.09. The molecule has 3 N–H and O–H groups in total. The molecule has 0 aliphatic carbocycles. The van der Waals surface area contributed by atoms with Gasteiger partial charge in [0, 0.05) is 13.1 Å². The first-order valence-corrected chi connectivity index (χ1v) is 3.97. The van der Waals surface area contributed by atoms with E-state index in [4.69, 9.17) is 15.9 Å². The number of nitrogens with zero attached hydrogens (tertiary/aromatic N) is 1. The maximum atomic E-state index is 7.04. The van der Waals surface area contributed by atoms with E-state index >= 15 is 0 Å². The van der Waals surface area contributed by atoms with Crippen LogP contribution >= 0.6 is 0 Å². The highest BCUT2D eigenvalue weighted by Crippen LogP contribution is 1.93. The van der Waals surface area contributed by atoms with Gasteiger partial charge in [0.25, 0.3) is 0 Å². The highest BCUT2D eigenvalue weighted by atomic mass is 16.5. The zero-order valence-corrected chi connectivity index (χ0v) is 7.26. The van der Waals surface area contributed by atoms with Crippen molar-refractivity contribution in [3.05, 3.63) is 0 Å². The molecule has 0 bridgehead atoms. The van der Waals surface area contributed by atoms with Crippen LogP contribution in [0.4, 0.5) is 0 Å². The molecule has 0 spiro atoms. The van der Waals surface area contributed by atoms with Crippen molar-refractivity contribution in [3.63, 3.8) is 0 Å². The van der Waals surface area contributed by atoms with Crippen molar-refractivity contribution >= 4 is 5.96 Å². The smallest absolute Gasteiger partial charge is 0.188 e. The average Bonchev–Trinajstić information content (AvgIpc) is 2.10. The van der Waals surface area contributed by atoms with Gasteiger partial charge in [-0.1, -0.05) is 13.8 Å². The maximum Gasteiger partial charge on any atom is 0.188 e. The lowest BCUT2D eigenvalue weighted by Crippen LogP contribution is -2.44. The van der Waals surface area contributed by atoms with Crippen LogP contribution in [0.5, 0.6) is 0 Å². The normalized spacial score (nSPS) is 16.7. The SMILES string of the molecule is CC.N=C(N)N1CCOCC1. The lowest BCUT2D eigenvalue weighted by atomic mass is 10.4. The van der Waals surface area contributed by atoms with Crippen molar-refractivity contribution in [2.75, 3.05) is 26.3 Å². The van der Waals surface area contributed by atoms with Crippen molar-refractivity contribution < 1.29 is 4.74 Å². The summed E-state index contributed by atoms with van der Waals surface area (Å²) < 4.78 is 5.06. The zero-order valence-electron chi connectivity index (χ0n) is 7.26. The molecule has 0 radical (unpaired) electrons. The van der Waals surface area contributed by atoms with E-state index in [1.54, 1.807) is 4.90 Å². The highest BCUT2D eigenvalue weighted by molar-refractivity contribution is 5.74. The molecule has 1 heterocycles. The Morgan fingerprint density at radius 1 is 1.36 bits per heavy atom. The quantitative estimate of drug-likeness (QED) is 0.393. The van der Waals surface area contributed by atoms with Gasteiger partial charge in [-0.05, 0) is 0 Å². The zero-order chi connectivity index (χ0) is 8.69. The van der Waals surface area contributed by atoms with Crippen molar-refractivity contribution in [2.45, 2.75) is 13.8 Å². The molecular weight excluding hydrogens is 142 g/mol. The largest absolute Gasteiger partial charge is 0.378 e. The van der Waals surface area contributed by atoms with Crippen molar-refractivity contribution in [2.24, 2.45) is 5.73 Å². The molecule has 1 rings (SSSR count). The Hall–Kier alpha value is -0.770. The molecule has 0 unspecified atom stereocenters. The van der Waals surface area contributed by atoms with Gasteiger partial charge in [0.15, 0.2) is 5.96 Å². The molecule has 1 saturated heterocycles. The van der Waals surface area contributed by atoms with Crippen molar-refractivity contribution in [1.82, 2.24) is 4.90 Å². The minimum Gasteiger partial charge on any atom is -0.378 e. The molecule has 11 heavy (non-hydrogen) atoms. The number of ether oxygens (including phenoxy) is 1. The first kappa shape index (κ1) is 10.2. The maximum absolute atomic E-state index is 7.04. The van der Waals surface area contributed by atoms with Gasteiger partial charge in [-0.25, -0.2) is 0 Å². The molecule has 66 valence electrons. The summed E-state index contributed by atoms with van der Waals surface area (Å²) >= 11 is 0. The van der Waals surface area contributed by atoms with Gasteiger partial charge in [-0.15, -0.1) is 0 Å². The fourth-order valence-electron chi connectivity index (χ4n) is 0.804. The van der Waals surface area contributed by atoms with Crippen LogP contribution in [0, 0.1) is 5.41 Å². The number of hydrogen-bond acceptors (Lipinski definition) is 2. The third-order valence-corrected chi connectivity index (χ3v) is 1.35. The molecule has 1 fully saturated rings. The van der Waals surface area contributed by atoms with Crippen molar-refractivity contribution in [1.29, 1.82) is 5.41 Å². The summed E-state index contributed by atoms with van der Waals surface area (Å²) in [5.74, 6) is 0.151. The van der Waals surface area contributed by atoms with E-state index in [0.29, 0.717) is 13.2 Å². The Kier molecular flexibility index (Phi) is 5.56. The second-order valence-corrected chi connectivity index (χ2v) is 1.98. The fourth-order valence-corrected chi connectivity index (χ4v) is 0.804. The van der Waals surface area contributed by atoms with Crippen LogP contribution in [0.15, 0.2) is 0 Å². The Morgan fingerprint density at radius 3 is 2.09 bits per heavy atom. The number of nitrogens with two attached hydrogens (primary N) is 1. The number of rotatable bonds is 0. The summed E-state index contributed by atoms with van der Waals surface area (Å²) in [7, 11) is 0. The summed E-state index contributed by atoms with van der Waals surface area (Å²) in [4.78, 5) is 1.80. The minimum atomic E-state index is 0.151. The summed E-state index contributed by atoms with van der Waals surface area (Å²) in [5.41, 5.74) is 5.22. The van der Waals surface area contributed by atoms with Gasteiger partial charge in [0.05, 0.1) is 13.2 Å². The monoisotopic (exact) mass is 159 g/mol. The predicted molar refractivity (Wildman–Crippen MR) is 45.7 cm³/mol. The number of guanidine groups is 1. The summed E-state index contributed by atoms with van der Waals surface area (Å²) in [5, 5.41) is 7.04. The number of hydrogen-bond donors (Lipinski definition) is 2. The Morgan fingerprint density at radius 2 is 1.82 bits per heavy atom. The fraction of sp³-hybridized carbons (Fsp3) is 0.857. The van der Waals surface area contributed by atoms with E-state index in [9.17, 15) is 0 Å². The number of morpholine rings is 1. The molecule has 1 aliphatic heterocycles. The molecule has 4 heteroatoms. The Labute approximate surface area is 67.8 Å². The van der Waals surface area contributed by atoms with Gasteiger partial charge in [0.2, 0.25) is 0 Å².